The van der Waals surface area contributed by atoms with Gasteiger partial charge in [0.05, 0.1) is 0 Å². The zero-order valence-corrected chi connectivity index (χ0v) is 12.0. The highest BCUT2D eigenvalue weighted by Gasteiger charge is 2.28. The first kappa shape index (κ1) is 15.1. The van der Waals surface area contributed by atoms with Crippen LogP contribution in [-0.2, 0) is 11.2 Å². The molecule has 0 saturated heterocycles. The minimum atomic E-state index is -1.39. The Morgan fingerprint density at radius 3 is 2.24 bits per heavy atom. The number of ether oxygens (including phenoxy) is 1. The van der Waals surface area contributed by atoms with Crippen LogP contribution in [0.25, 0.3) is 0 Å². The van der Waals surface area contributed by atoms with Gasteiger partial charge in [0.15, 0.2) is 0 Å². The van der Waals surface area contributed by atoms with Crippen LogP contribution in [0, 0.1) is 0 Å². The molecule has 0 aliphatic heterocycles. The molecule has 2 aromatic carbocycles. The molecule has 4 heteroatoms. The number of carboxylic acid groups (broad SMARTS) is 1. The van der Waals surface area contributed by atoms with Crippen molar-refractivity contribution in [2.75, 3.05) is 6.61 Å². The SMILES string of the molecule is CC(N)(COc1ccc(Cc2ccccc2)cc1)C(=O)O. The van der Waals surface area contributed by atoms with Gasteiger partial charge in [-0.2, -0.15) is 0 Å². The number of benzene rings is 2. The van der Waals surface area contributed by atoms with Gasteiger partial charge in [-0.15, -0.1) is 0 Å². The van der Waals surface area contributed by atoms with Gasteiger partial charge in [-0.3, -0.25) is 4.79 Å². The van der Waals surface area contributed by atoms with E-state index in [0.717, 1.165) is 6.42 Å². The molecule has 1 unspecified atom stereocenters. The summed E-state index contributed by atoms with van der Waals surface area (Å²) < 4.78 is 5.43. The van der Waals surface area contributed by atoms with Crippen LogP contribution in [0.2, 0.25) is 0 Å². The fraction of sp³-hybridized carbons (Fsp3) is 0.235. The minimum Gasteiger partial charge on any atom is -0.491 e. The van der Waals surface area contributed by atoms with Crippen molar-refractivity contribution in [2.45, 2.75) is 18.9 Å². The third-order valence-corrected chi connectivity index (χ3v) is 3.20. The monoisotopic (exact) mass is 285 g/mol. The number of aliphatic carboxylic acids is 1. The second-order valence-corrected chi connectivity index (χ2v) is 5.32. The standard InChI is InChI=1S/C17H19NO3/c1-17(18,16(19)20)12-21-15-9-7-14(8-10-15)11-13-5-3-2-4-6-13/h2-10H,11-12,18H2,1H3,(H,19,20). The van der Waals surface area contributed by atoms with Crippen LogP contribution in [0.1, 0.15) is 18.1 Å². The molecule has 2 rings (SSSR count). The van der Waals surface area contributed by atoms with Crippen molar-refractivity contribution in [3.05, 3.63) is 65.7 Å². The van der Waals surface area contributed by atoms with E-state index in [4.69, 9.17) is 15.6 Å². The van der Waals surface area contributed by atoms with Gasteiger partial charge in [-0.05, 0) is 36.6 Å². The Hall–Kier alpha value is -2.33. The normalized spacial score (nSPS) is 13.4. The van der Waals surface area contributed by atoms with Gasteiger partial charge in [0.1, 0.15) is 17.9 Å². The molecule has 4 nitrogen and oxygen atoms in total. The second kappa shape index (κ2) is 6.41. The summed E-state index contributed by atoms with van der Waals surface area (Å²) in [5.41, 5.74) is 6.64. The maximum absolute atomic E-state index is 10.9. The molecule has 21 heavy (non-hydrogen) atoms. The third kappa shape index (κ3) is 4.33. The van der Waals surface area contributed by atoms with Gasteiger partial charge in [-0.1, -0.05) is 42.5 Å². The molecular formula is C17H19NO3. The Kier molecular flexibility index (Phi) is 4.60. The molecule has 0 bridgehead atoms. The van der Waals surface area contributed by atoms with Crippen LogP contribution in [0.4, 0.5) is 0 Å². The number of rotatable bonds is 6. The molecule has 0 heterocycles. The average molecular weight is 285 g/mol. The molecule has 110 valence electrons. The Labute approximate surface area is 124 Å². The highest BCUT2D eigenvalue weighted by molar-refractivity contribution is 5.78. The van der Waals surface area contributed by atoms with Crippen molar-refractivity contribution in [3.8, 4) is 5.75 Å². The molecule has 0 spiro atoms. The molecule has 2 aromatic rings. The van der Waals surface area contributed by atoms with Gasteiger partial charge < -0.3 is 15.6 Å². The maximum Gasteiger partial charge on any atom is 0.326 e. The van der Waals surface area contributed by atoms with E-state index >= 15 is 0 Å². The molecule has 0 amide bonds. The van der Waals surface area contributed by atoms with E-state index < -0.39 is 11.5 Å². The van der Waals surface area contributed by atoms with Crippen LogP contribution < -0.4 is 10.5 Å². The zero-order chi connectivity index (χ0) is 15.3. The predicted octanol–water partition coefficient (Wildman–Crippen LogP) is 2.46. The maximum atomic E-state index is 10.9. The molecule has 1 atom stereocenters. The minimum absolute atomic E-state index is 0.0691. The highest BCUT2D eigenvalue weighted by Crippen LogP contribution is 2.16. The van der Waals surface area contributed by atoms with Crippen LogP contribution >= 0.6 is 0 Å². The number of nitrogens with two attached hydrogens (primary N) is 1. The summed E-state index contributed by atoms with van der Waals surface area (Å²) in [5, 5.41) is 8.92. The smallest absolute Gasteiger partial charge is 0.326 e. The lowest BCUT2D eigenvalue weighted by atomic mass is 10.0. The summed E-state index contributed by atoms with van der Waals surface area (Å²) >= 11 is 0. The number of carboxylic acids is 1. The Balaban J connectivity index is 1.95. The van der Waals surface area contributed by atoms with E-state index in [-0.39, 0.29) is 6.61 Å². The van der Waals surface area contributed by atoms with E-state index in [0.29, 0.717) is 5.75 Å². The summed E-state index contributed by atoms with van der Waals surface area (Å²) in [6.07, 6.45) is 0.852. The summed E-state index contributed by atoms with van der Waals surface area (Å²) in [6, 6.07) is 17.8. The van der Waals surface area contributed by atoms with E-state index in [9.17, 15) is 4.79 Å². The molecule has 0 fully saturated rings. The van der Waals surface area contributed by atoms with Crippen molar-refractivity contribution in [3.63, 3.8) is 0 Å². The van der Waals surface area contributed by atoms with Crippen molar-refractivity contribution in [1.29, 1.82) is 0 Å². The summed E-state index contributed by atoms with van der Waals surface area (Å²) in [7, 11) is 0. The molecular weight excluding hydrogens is 266 g/mol. The number of carbonyl (C=O) groups is 1. The first-order chi connectivity index (χ1) is 9.97. The largest absolute Gasteiger partial charge is 0.491 e. The Bertz CT molecular complexity index is 591. The van der Waals surface area contributed by atoms with Crippen molar-refractivity contribution in [2.24, 2.45) is 5.73 Å². The molecule has 3 N–H and O–H groups in total. The van der Waals surface area contributed by atoms with E-state index in [1.54, 1.807) is 0 Å². The molecule has 0 aliphatic rings. The molecule has 0 radical (unpaired) electrons. The lowest BCUT2D eigenvalue weighted by Crippen LogP contribution is -2.49. The summed E-state index contributed by atoms with van der Waals surface area (Å²) in [5.74, 6) is -0.465. The quantitative estimate of drug-likeness (QED) is 0.855. The number of hydrogen-bond donors (Lipinski definition) is 2. The lowest BCUT2D eigenvalue weighted by molar-refractivity contribution is -0.143. The summed E-state index contributed by atoms with van der Waals surface area (Å²) in [4.78, 5) is 10.9. The lowest BCUT2D eigenvalue weighted by Gasteiger charge is -2.19. The van der Waals surface area contributed by atoms with Gasteiger partial charge in [0, 0.05) is 0 Å². The van der Waals surface area contributed by atoms with Gasteiger partial charge in [0.25, 0.3) is 0 Å². The molecule has 0 aliphatic carbocycles. The van der Waals surface area contributed by atoms with Crippen molar-refractivity contribution >= 4 is 5.97 Å². The van der Waals surface area contributed by atoms with E-state index in [1.807, 2.05) is 42.5 Å². The Morgan fingerprint density at radius 2 is 1.67 bits per heavy atom. The fourth-order valence-electron chi connectivity index (χ4n) is 1.83. The van der Waals surface area contributed by atoms with Crippen LogP contribution in [0.5, 0.6) is 5.75 Å². The second-order valence-electron chi connectivity index (χ2n) is 5.32. The predicted molar refractivity (Wildman–Crippen MR) is 81.4 cm³/mol. The molecule has 0 aromatic heterocycles. The van der Waals surface area contributed by atoms with Gasteiger partial charge in [-0.25, -0.2) is 0 Å². The van der Waals surface area contributed by atoms with Gasteiger partial charge in [0.2, 0.25) is 0 Å². The van der Waals surface area contributed by atoms with Crippen LogP contribution in [0.15, 0.2) is 54.6 Å². The fourth-order valence-corrected chi connectivity index (χ4v) is 1.83. The van der Waals surface area contributed by atoms with E-state index in [2.05, 4.69) is 12.1 Å². The van der Waals surface area contributed by atoms with Crippen LogP contribution in [-0.4, -0.2) is 23.2 Å². The van der Waals surface area contributed by atoms with E-state index in [1.165, 1.54) is 18.1 Å². The van der Waals surface area contributed by atoms with Crippen molar-refractivity contribution < 1.29 is 14.6 Å². The average Bonchev–Trinajstić information content (AvgIpc) is 2.47. The van der Waals surface area contributed by atoms with Crippen LogP contribution in [0.3, 0.4) is 0 Å². The topological polar surface area (TPSA) is 72.5 Å². The summed E-state index contributed by atoms with van der Waals surface area (Å²) in [6.45, 7) is 1.36. The first-order valence-corrected chi connectivity index (χ1v) is 6.75. The van der Waals surface area contributed by atoms with Gasteiger partial charge >= 0.3 is 5.97 Å². The molecule has 0 saturated carbocycles. The van der Waals surface area contributed by atoms with Crippen molar-refractivity contribution in [1.82, 2.24) is 0 Å². The Morgan fingerprint density at radius 1 is 1.10 bits per heavy atom. The zero-order valence-electron chi connectivity index (χ0n) is 12.0. The number of hydrogen-bond acceptors (Lipinski definition) is 3. The highest BCUT2D eigenvalue weighted by atomic mass is 16.5. The third-order valence-electron chi connectivity index (χ3n) is 3.20. The first-order valence-electron chi connectivity index (χ1n) is 6.75.